The Kier molecular flexibility index (Phi) is 4.91. The van der Waals surface area contributed by atoms with Gasteiger partial charge < -0.3 is 14.8 Å². The van der Waals surface area contributed by atoms with Crippen LogP contribution in [0.4, 0.5) is 5.69 Å². The number of nitrogens with zero attached hydrogens (tertiary/aromatic N) is 8. The normalized spacial score (nSPS) is 21.4. The molecule has 1 aliphatic carbocycles. The van der Waals surface area contributed by atoms with E-state index >= 15 is 0 Å². The van der Waals surface area contributed by atoms with Gasteiger partial charge in [-0.15, -0.1) is 0 Å². The molecule has 6 heterocycles. The van der Waals surface area contributed by atoms with Gasteiger partial charge >= 0.3 is 0 Å². The summed E-state index contributed by atoms with van der Waals surface area (Å²) in [7, 11) is 5.74. The minimum absolute atomic E-state index is 0.0933. The molecule has 5 aromatic rings. The number of aryl methyl sites for hydroxylation is 2. The second-order valence-corrected chi connectivity index (χ2v) is 12.3. The van der Waals surface area contributed by atoms with Crippen molar-refractivity contribution in [2.75, 3.05) is 31.6 Å². The first kappa shape index (κ1) is 24.3. The zero-order valence-electron chi connectivity index (χ0n) is 23.5. The molecule has 10 heteroatoms. The van der Waals surface area contributed by atoms with Crippen molar-refractivity contribution in [1.82, 2.24) is 34.4 Å². The van der Waals surface area contributed by atoms with Gasteiger partial charge in [-0.25, -0.2) is 4.98 Å². The molecule has 3 aliphatic rings. The van der Waals surface area contributed by atoms with E-state index in [0.29, 0.717) is 13.0 Å². The highest BCUT2D eigenvalue weighted by Gasteiger charge is 2.56. The minimum Gasteiger partial charge on any atom is -0.339 e. The summed E-state index contributed by atoms with van der Waals surface area (Å²) in [6, 6.07) is 8.82. The molecule has 1 spiro atoms. The van der Waals surface area contributed by atoms with Crippen LogP contribution in [-0.4, -0.2) is 67.0 Å². The Hall–Kier alpha value is -4.49. The van der Waals surface area contributed by atoms with Crippen LogP contribution in [0.15, 0.2) is 43.0 Å². The maximum absolute atomic E-state index is 14.2. The summed E-state index contributed by atoms with van der Waals surface area (Å²) in [5.74, 6) is 0.132. The Bertz CT molecular complexity index is 1930. The van der Waals surface area contributed by atoms with E-state index in [0.717, 1.165) is 87.9 Å². The van der Waals surface area contributed by atoms with Gasteiger partial charge in [0.15, 0.2) is 0 Å². The second-order valence-electron chi connectivity index (χ2n) is 12.3. The molecule has 0 radical (unpaired) electrons. The van der Waals surface area contributed by atoms with Gasteiger partial charge in [0, 0.05) is 74.3 Å². The molecule has 1 saturated carbocycles. The van der Waals surface area contributed by atoms with E-state index in [2.05, 4.69) is 44.3 Å². The van der Waals surface area contributed by atoms with Crippen LogP contribution in [0.3, 0.4) is 0 Å². The van der Waals surface area contributed by atoms with Gasteiger partial charge in [0.25, 0.3) is 0 Å². The summed E-state index contributed by atoms with van der Waals surface area (Å²) in [5.41, 5.74) is 7.19. The smallest absolute Gasteiger partial charge is 0.238 e. The third kappa shape index (κ3) is 3.39. The zero-order valence-corrected chi connectivity index (χ0v) is 23.5. The molecule has 1 atom stereocenters. The predicted molar refractivity (Wildman–Crippen MR) is 156 cm³/mol. The molecule has 1 aromatic carbocycles. The Balaban J connectivity index is 1.36. The van der Waals surface area contributed by atoms with Crippen LogP contribution in [0.1, 0.15) is 31.2 Å². The fourth-order valence-electron chi connectivity index (χ4n) is 7.41. The number of carbonyl (C=O) groups excluding carboxylic acids is 1. The monoisotopic (exact) mass is 545 g/mol. The summed E-state index contributed by atoms with van der Waals surface area (Å²) < 4.78 is 3.68. The molecule has 2 fully saturated rings. The maximum Gasteiger partial charge on any atom is 0.238 e. The van der Waals surface area contributed by atoms with Crippen LogP contribution in [-0.2, 0) is 24.3 Å². The first-order valence-electron chi connectivity index (χ1n) is 14.2. The number of aromatic nitrogens is 6. The molecule has 0 bridgehead atoms. The number of amides is 1. The number of hydrogen-bond donors (Lipinski definition) is 1. The third-order valence-electron chi connectivity index (χ3n) is 9.70. The summed E-state index contributed by atoms with van der Waals surface area (Å²) in [5, 5.41) is 20.4. The summed E-state index contributed by atoms with van der Waals surface area (Å²) >= 11 is 0. The van der Waals surface area contributed by atoms with Gasteiger partial charge in [0.1, 0.15) is 5.65 Å². The fraction of sp³-hybridized carbons (Fsp3) is 0.387. The van der Waals surface area contributed by atoms with Crippen LogP contribution in [0.25, 0.3) is 44.3 Å². The number of aromatic amines is 1. The minimum atomic E-state index is -0.657. The second kappa shape index (κ2) is 8.27. The molecule has 8 rings (SSSR count). The number of nitrogens with one attached hydrogen (secondary N) is 1. The lowest BCUT2D eigenvalue weighted by atomic mass is 9.78. The first-order valence-corrected chi connectivity index (χ1v) is 14.2. The van der Waals surface area contributed by atoms with Crippen molar-refractivity contribution in [2.45, 2.75) is 31.1 Å². The third-order valence-corrected chi connectivity index (χ3v) is 9.70. The molecule has 10 nitrogen and oxygen atoms in total. The van der Waals surface area contributed by atoms with Crippen LogP contribution < -0.4 is 4.90 Å². The summed E-state index contributed by atoms with van der Waals surface area (Å²) in [6.07, 6.45) is 11.1. The number of nitriles is 1. The Labute approximate surface area is 237 Å². The number of anilines is 1. The molecular weight excluding hydrogens is 514 g/mol. The van der Waals surface area contributed by atoms with Crippen molar-refractivity contribution >= 4 is 33.5 Å². The lowest BCUT2D eigenvalue weighted by molar-refractivity contribution is -0.122. The van der Waals surface area contributed by atoms with Gasteiger partial charge in [0.2, 0.25) is 5.91 Å². The van der Waals surface area contributed by atoms with Crippen molar-refractivity contribution in [3.8, 4) is 28.5 Å². The molecule has 206 valence electrons. The molecule has 41 heavy (non-hydrogen) atoms. The van der Waals surface area contributed by atoms with E-state index in [1.807, 2.05) is 50.6 Å². The number of benzene rings is 1. The highest BCUT2D eigenvalue weighted by atomic mass is 16.2. The number of likely N-dealkylation sites (N-methyl/N-ethyl adjacent to an activating group) is 1. The van der Waals surface area contributed by atoms with E-state index in [1.54, 1.807) is 9.58 Å². The van der Waals surface area contributed by atoms with Crippen molar-refractivity contribution in [2.24, 2.45) is 19.5 Å². The quantitative estimate of drug-likeness (QED) is 0.356. The number of rotatable bonds is 5. The van der Waals surface area contributed by atoms with Crippen LogP contribution in [0, 0.1) is 16.7 Å². The molecule has 1 saturated heterocycles. The fourth-order valence-corrected chi connectivity index (χ4v) is 7.41. The van der Waals surface area contributed by atoms with Crippen molar-refractivity contribution in [3.05, 3.63) is 48.5 Å². The molecular formula is C31H31N9O. The van der Waals surface area contributed by atoms with E-state index in [-0.39, 0.29) is 11.3 Å². The van der Waals surface area contributed by atoms with Gasteiger partial charge in [0.05, 0.1) is 47.0 Å². The van der Waals surface area contributed by atoms with Crippen LogP contribution in [0.5, 0.6) is 0 Å². The Morgan fingerprint density at radius 3 is 2.68 bits per heavy atom. The molecule has 0 unspecified atom stereocenters. The molecule has 2 aliphatic heterocycles. The van der Waals surface area contributed by atoms with E-state index < -0.39 is 5.41 Å². The first-order chi connectivity index (χ1) is 19.8. The van der Waals surface area contributed by atoms with Crippen molar-refractivity contribution < 1.29 is 4.79 Å². The number of pyridine rings is 1. The van der Waals surface area contributed by atoms with Gasteiger partial charge in [-0.2, -0.15) is 15.5 Å². The summed E-state index contributed by atoms with van der Waals surface area (Å²) in [6.45, 7) is 2.37. The molecule has 4 aromatic heterocycles. The van der Waals surface area contributed by atoms with Crippen LogP contribution in [0.2, 0.25) is 0 Å². The highest BCUT2D eigenvalue weighted by molar-refractivity contribution is 6.16. The lowest BCUT2D eigenvalue weighted by Crippen LogP contribution is -2.41. The number of fused-ring (bicyclic) bond motifs is 5. The van der Waals surface area contributed by atoms with E-state index in [4.69, 9.17) is 4.98 Å². The number of hydrogen-bond acceptors (Lipinski definition) is 6. The van der Waals surface area contributed by atoms with Crippen molar-refractivity contribution in [1.29, 1.82) is 5.26 Å². The average molecular weight is 546 g/mol. The molecule has 1 N–H and O–H groups in total. The average Bonchev–Trinajstić information content (AvgIpc) is 3.41. The largest absolute Gasteiger partial charge is 0.339 e. The summed E-state index contributed by atoms with van der Waals surface area (Å²) in [4.78, 5) is 26.9. The predicted octanol–water partition coefficient (Wildman–Crippen LogP) is 4.13. The Morgan fingerprint density at radius 1 is 1.07 bits per heavy atom. The zero-order chi connectivity index (χ0) is 28.1. The van der Waals surface area contributed by atoms with E-state index in [9.17, 15) is 10.1 Å². The number of carbonyl (C=O) groups is 1. The van der Waals surface area contributed by atoms with E-state index in [1.165, 1.54) is 0 Å². The highest BCUT2D eigenvalue weighted by Crippen LogP contribution is 2.55. The Morgan fingerprint density at radius 2 is 1.93 bits per heavy atom. The number of H-pyrrole nitrogens is 1. The van der Waals surface area contributed by atoms with Gasteiger partial charge in [-0.05, 0) is 48.9 Å². The van der Waals surface area contributed by atoms with Crippen molar-refractivity contribution in [3.63, 3.8) is 0 Å². The number of likely N-dealkylation sites (tertiary alicyclic amines) is 1. The van der Waals surface area contributed by atoms with Gasteiger partial charge in [-0.3, -0.25) is 14.2 Å². The van der Waals surface area contributed by atoms with Gasteiger partial charge in [-0.1, -0.05) is 6.07 Å². The standard InChI is InChI=1S/C31H31N9O/c1-37-16-21(14-34-37)27-24(19-4-5-22-20(12-19)13-35-39(22)3)25-26-23(15-33-28(25)36-27)38(2)29(41)31(26)9-11-40(18-31)17-30(6-7-30)8-10-32/h4-5,12-16H,6-9,11,17-18H2,1-3H3,(H,33,36)/t31-/m1/s1. The lowest BCUT2D eigenvalue weighted by Gasteiger charge is -2.26. The topological polar surface area (TPSA) is 112 Å². The SMILES string of the molecule is CN1C(=O)[C@@]2(CCN(CC3(CC#N)CC3)C2)c2c1cnc1[nH]c(-c3cnn(C)c3)c(-c3ccc4c(cnn4C)c3)c21. The van der Waals surface area contributed by atoms with Crippen LogP contribution >= 0.6 is 0 Å². The maximum atomic E-state index is 14.2. The molecule has 1 amide bonds.